The van der Waals surface area contributed by atoms with Crippen molar-refractivity contribution in [1.29, 1.82) is 0 Å². The predicted molar refractivity (Wildman–Crippen MR) is 69.1 cm³/mol. The highest BCUT2D eigenvalue weighted by molar-refractivity contribution is 5.80. The average molecular weight is 255 g/mol. The summed E-state index contributed by atoms with van der Waals surface area (Å²) in [5, 5.41) is 12.8. The molecule has 0 bridgehead atoms. The van der Waals surface area contributed by atoms with E-state index in [4.69, 9.17) is 4.74 Å². The van der Waals surface area contributed by atoms with Crippen LogP contribution in [0.3, 0.4) is 0 Å². The summed E-state index contributed by atoms with van der Waals surface area (Å²) >= 11 is 0. The van der Waals surface area contributed by atoms with Gasteiger partial charge in [-0.15, -0.1) is 0 Å². The predicted octanol–water partition coefficient (Wildman–Crippen LogP) is 1.61. The van der Waals surface area contributed by atoms with Crippen LogP contribution in [0.25, 0.3) is 0 Å². The second-order valence-corrected chi connectivity index (χ2v) is 7.33. The van der Waals surface area contributed by atoms with Gasteiger partial charge in [-0.25, -0.2) is 0 Å². The monoisotopic (exact) mass is 255 g/mol. The van der Waals surface area contributed by atoms with Gasteiger partial charge in [0.1, 0.15) is 0 Å². The van der Waals surface area contributed by atoms with Crippen molar-refractivity contribution >= 4 is 5.91 Å². The molecule has 18 heavy (non-hydrogen) atoms. The number of aliphatic hydroxyl groups is 1. The Morgan fingerprint density at radius 1 is 1.17 bits per heavy atom. The Hall–Kier alpha value is -0.610. The lowest BCUT2D eigenvalue weighted by molar-refractivity contribution is -0.141. The van der Waals surface area contributed by atoms with Crippen LogP contribution in [0.5, 0.6) is 0 Å². The van der Waals surface area contributed by atoms with Crippen LogP contribution >= 0.6 is 0 Å². The molecule has 1 aliphatic heterocycles. The molecule has 1 amide bonds. The lowest BCUT2D eigenvalue weighted by Crippen LogP contribution is -2.53. The van der Waals surface area contributed by atoms with Gasteiger partial charge in [-0.05, 0) is 53.9 Å². The maximum atomic E-state index is 12.1. The lowest BCUT2D eigenvalue weighted by Gasteiger charge is -2.40. The first-order valence-electron chi connectivity index (χ1n) is 6.74. The SMILES string of the molecule is CC1(O)CC(C(=O)NC2CC(C)(C)OC2(C)C)C1. The topological polar surface area (TPSA) is 58.6 Å². The molecule has 2 rings (SSSR count). The van der Waals surface area contributed by atoms with Crippen LogP contribution in [0.1, 0.15) is 53.9 Å². The first-order chi connectivity index (χ1) is 8.01. The van der Waals surface area contributed by atoms with E-state index in [0.29, 0.717) is 12.8 Å². The minimum absolute atomic E-state index is 0.0421. The Bertz CT molecular complexity index is 352. The number of nitrogens with one attached hydrogen (secondary N) is 1. The van der Waals surface area contributed by atoms with Crippen LogP contribution < -0.4 is 5.32 Å². The molecule has 1 aliphatic carbocycles. The van der Waals surface area contributed by atoms with Crippen LogP contribution in [0.2, 0.25) is 0 Å². The zero-order valence-corrected chi connectivity index (χ0v) is 12.0. The summed E-state index contributed by atoms with van der Waals surface area (Å²) in [6, 6.07) is 0.0468. The van der Waals surface area contributed by atoms with Gasteiger partial charge in [0.2, 0.25) is 5.91 Å². The van der Waals surface area contributed by atoms with Crippen molar-refractivity contribution in [3.63, 3.8) is 0 Å². The number of carbonyl (C=O) groups excluding carboxylic acids is 1. The highest BCUT2D eigenvalue weighted by atomic mass is 16.5. The van der Waals surface area contributed by atoms with Crippen LogP contribution in [-0.4, -0.2) is 33.9 Å². The molecule has 1 heterocycles. The molecule has 2 fully saturated rings. The molecule has 0 aromatic carbocycles. The first kappa shape index (κ1) is 13.8. The van der Waals surface area contributed by atoms with Crippen LogP contribution in [0.4, 0.5) is 0 Å². The fourth-order valence-corrected chi connectivity index (χ4v) is 3.26. The van der Waals surface area contributed by atoms with Crippen molar-refractivity contribution in [3.8, 4) is 0 Å². The zero-order chi connectivity index (χ0) is 13.8. The lowest BCUT2D eigenvalue weighted by atomic mass is 9.71. The minimum Gasteiger partial charge on any atom is -0.390 e. The van der Waals surface area contributed by atoms with Gasteiger partial charge < -0.3 is 15.2 Å². The molecule has 2 N–H and O–H groups in total. The number of hydrogen-bond acceptors (Lipinski definition) is 3. The fraction of sp³-hybridized carbons (Fsp3) is 0.929. The normalized spacial score (nSPS) is 41.2. The average Bonchev–Trinajstić information content (AvgIpc) is 2.29. The summed E-state index contributed by atoms with van der Waals surface area (Å²) in [5.41, 5.74) is -1.17. The van der Waals surface area contributed by atoms with Gasteiger partial charge in [-0.1, -0.05) is 0 Å². The summed E-state index contributed by atoms with van der Waals surface area (Å²) < 4.78 is 5.96. The largest absolute Gasteiger partial charge is 0.390 e. The second kappa shape index (κ2) is 3.94. The molecule has 104 valence electrons. The van der Waals surface area contributed by atoms with Crippen LogP contribution in [0, 0.1) is 5.92 Å². The van der Waals surface area contributed by atoms with Crippen molar-refractivity contribution in [2.75, 3.05) is 0 Å². The standard InChI is InChI=1S/C14H25NO3/c1-12(2)8-10(13(3,4)18-12)15-11(16)9-6-14(5,17)7-9/h9-10,17H,6-8H2,1-5H3,(H,15,16). The van der Waals surface area contributed by atoms with Gasteiger partial charge in [-0.3, -0.25) is 4.79 Å². The molecule has 0 aromatic heterocycles. The molecule has 4 heteroatoms. The molecule has 1 atom stereocenters. The molecular weight excluding hydrogens is 230 g/mol. The van der Waals surface area contributed by atoms with E-state index in [9.17, 15) is 9.90 Å². The molecule has 0 spiro atoms. The Balaban J connectivity index is 1.92. The summed E-state index contributed by atoms with van der Waals surface area (Å²) in [5.74, 6) is 0.0143. The number of rotatable bonds is 2. The van der Waals surface area contributed by atoms with Crippen LogP contribution in [-0.2, 0) is 9.53 Å². The van der Waals surface area contributed by atoms with Crippen molar-refractivity contribution in [2.45, 2.75) is 76.7 Å². The molecule has 0 aromatic rings. The molecule has 4 nitrogen and oxygen atoms in total. The van der Waals surface area contributed by atoms with Gasteiger partial charge >= 0.3 is 0 Å². The molecule has 1 saturated heterocycles. The maximum Gasteiger partial charge on any atom is 0.223 e. The smallest absolute Gasteiger partial charge is 0.223 e. The van der Waals surface area contributed by atoms with E-state index >= 15 is 0 Å². The third-order valence-corrected chi connectivity index (χ3v) is 4.13. The van der Waals surface area contributed by atoms with E-state index in [0.717, 1.165) is 6.42 Å². The zero-order valence-electron chi connectivity index (χ0n) is 12.0. The van der Waals surface area contributed by atoms with E-state index in [1.54, 1.807) is 6.92 Å². The Kier molecular flexibility index (Phi) is 3.02. The number of carbonyl (C=O) groups is 1. The number of amides is 1. The third-order valence-electron chi connectivity index (χ3n) is 4.13. The van der Waals surface area contributed by atoms with Gasteiger partial charge in [0, 0.05) is 5.92 Å². The van der Waals surface area contributed by atoms with Gasteiger partial charge in [0.25, 0.3) is 0 Å². The summed E-state index contributed by atoms with van der Waals surface area (Å²) in [4.78, 5) is 12.1. The van der Waals surface area contributed by atoms with Crippen molar-refractivity contribution in [3.05, 3.63) is 0 Å². The van der Waals surface area contributed by atoms with Gasteiger partial charge in [0.05, 0.1) is 22.8 Å². The first-order valence-corrected chi connectivity index (χ1v) is 6.74. The van der Waals surface area contributed by atoms with Crippen molar-refractivity contribution in [1.82, 2.24) is 5.32 Å². The van der Waals surface area contributed by atoms with E-state index in [1.165, 1.54) is 0 Å². The Morgan fingerprint density at radius 3 is 2.11 bits per heavy atom. The maximum absolute atomic E-state index is 12.1. The molecular formula is C14H25NO3. The van der Waals surface area contributed by atoms with Crippen molar-refractivity contribution < 1.29 is 14.6 Å². The quantitative estimate of drug-likeness (QED) is 0.788. The third kappa shape index (κ3) is 2.69. The molecule has 1 saturated carbocycles. The van der Waals surface area contributed by atoms with Crippen LogP contribution in [0.15, 0.2) is 0 Å². The van der Waals surface area contributed by atoms with E-state index < -0.39 is 5.60 Å². The number of hydrogen-bond donors (Lipinski definition) is 2. The highest BCUT2D eigenvalue weighted by Crippen LogP contribution is 2.40. The van der Waals surface area contributed by atoms with Gasteiger partial charge in [-0.2, -0.15) is 0 Å². The fourth-order valence-electron chi connectivity index (χ4n) is 3.26. The summed E-state index contributed by atoms with van der Waals surface area (Å²) in [6.07, 6.45) is 1.96. The van der Waals surface area contributed by atoms with Gasteiger partial charge in [0.15, 0.2) is 0 Å². The molecule has 0 radical (unpaired) electrons. The van der Waals surface area contributed by atoms with E-state index in [2.05, 4.69) is 19.2 Å². The van der Waals surface area contributed by atoms with E-state index in [1.807, 2.05) is 13.8 Å². The molecule has 2 aliphatic rings. The summed E-state index contributed by atoms with van der Waals surface area (Å²) in [6.45, 7) is 9.92. The summed E-state index contributed by atoms with van der Waals surface area (Å²) in [7, 11) is 0. The molecule has 1 unspecified atom stereocenters. The Morgan fingerprint density at radius 2 is 1.72 bits per heavy atom. The van der Waals surface area contributed by atoms with E-state index in [-0.39, 0.29) is 29.1 Å². The highest BCUT2D eigenvalue weighted by Gasteiger charge is 2.49. The van der Waals surface area contributed by atoms with Crippen molar-refractivity contribution in [2.24, 2.45) is 5.92 Å². The Labute approximate surface area is 109 Å². The minimum atomic E-state index is -0.650. The second-order valence-electron chi connectivity index (χ2n) is 7.33. The number of ether oxygens (including phenoxy) is 1.